The molecule has 0 aliphatic carbocycles. The van der Waals surface area contributed by atoms with Crippen LogP contribution in [0.15, 0.2) is 24.3 Å². The van der Waals surface area contributed by atoms with E-state index in [1.165, 1.54) is 24.3 Å². The Morgan fingerprint density at radius 2 is 1.76 bits per heavy atom. The second-order valence-electron chi connectivity index (χ2n) is 2.60. The Hall–Kier alpha value is 0.400. The summed E-state index contributed by atoms with van der Waals surface area (Å²) in [5.41, 5.74) is -0.304. The molecular formula is C8H6Na2O6S. The molecule has 0 heterocycles. The van der Waals surface area contributed by atoms with Crippen LogP contribution in [0.3, 0.4) is 0 Å². The van der Waals surface area contributed by atoms with Crippen molar-refractivity contribution < 1.29 is 86.7 Å². The first kappa shape index (κ1) is 19.7. The molecule has 0 radical (unpaired) electrons. The number of ether oxygens (including phenoxy) is 1. The average Bonchev–Trinajstić information content (AvgIpc) is 2.14. The van der Waals surface area contributed by atoms with E-state index in [0.717, 1.165) is 0 Å². The van der Waals surface area contributed by atoms with E-state index >= 15 is 0 Å². The Bertz CT molecular complexity index is 473. The zero-order valence-corrected chi connectivity index (χ0v) is 14.2. The summed E-state index contributed by atoms with van der Waals surface area (Å²) >= 11 is 0. The third-order valence-electron chi connectivity index (χ3n) is 1.47. The zero-order valence-electron chi connectivity index (χ0n) is 9.37. The molecule has 1 aromatic rings. The number of carboxylic acids is 1. The minimum absolute atomic E-state index is 0. The van der Waals surface area contributed by atoms with Gasteiger partial charge in [0, 0.05) is 5.56 Å². The molecule has 0 aromatic heterocycles. The van der Waals surface area contributed by atoms with E-state index < -0.39 is 22.0 Å². The standard InChI is InChI=1S/C8H8O6S.2Na/c9-8(10)6-3-1-2-4-7(6)14-5-15(11,12)13;;/h1-4H,5H2,(H,9,10)(H,11,12,13);;/q;2*+1/p-2. The molecule has 0 fully saturated rings. The summed E-state index contributed by atoms with van der Waals surface area (Å²) < 4.78 is 35.3. The van der Waals surface area contributed by atoms with Gasteiger partial charge in [-0.2, -0.15) is 0 Å². The van der Waals surface area contributed by atoms with Crippen molar-refractivity contribution in [3.05, 3.63) is 29.8 Å². The molecule has 0 spiro atoms. The maximum absolute atomic E-state index is 10.5. The molecule has 6 nitrogen and oxygen atoms in total. The fraction of sp³-hybridized carbons (Fsp3) is 0.125. The average molecular weight is 276 g/mol. The molecule has 1 rings (SSSR count). The summed E-state index contributed by atoms with van der Waals surface area (Å²) in [6, 6.07) is 5.28. The molecule has 0 saturated heterocycles. The fourth-order valence-corrected chi connectivity index (χ4v) is 1.17. The predicted octanol–water partition coefficient (Wildman–Crippen LogP) is -7.06. The van der Waals surface area contributed by atoms with Crippen LogP contribution in [0.25, 0.3) is 0 Å². The van der Waals surface area contributed by atoms with Crippen molar-refractivity contribution in [3.63, 3.8) is 0 Å². The second-order valence-corrected chi connectivity index (χ2v) is 3.95. The van der Waals surface area contributed by atoms with Crippen LogP contribution in [0, 0.1) is 0 Å². The minimum Gasteiger partial charge on any atom is -0.745 e. The molecule has 9 heteroatoms. The van der Waals surface area contributed by atoms with Gasteiger partial charge in [0.2, 0.25) is 0 Å². The third-order valence-corrected chi connectivity index (χ3v) is 1.87. The van der Waals surface area contributed by atoms with Crippen molar-refractivity contribution in [2.24, 2.45) is 0 Å². The molecule has 0 bridgehead atoms. The Morgan fingerprint density at radius 3 is 2.24 bits per heavy atom. The summed E-state index contributed by atoms with van der Waals surface area (Å²) in [5.74, 6) is -2.83. The van der Waals surface area contributed by atoms with E-state index in [4.69, 9.17) is 0 Å². The van der Waals surface area contributed by atoms with E-state index in [-0.39, 0.29) is 70.4 Å². The third kappa shape index (κ3) is 7.43. The van der Waals surface area contributed by atoms with E-state index in [1.54, 1.807) is 0 Å². The van der Waals surface area contributed by atoms with Gasteiger partial charge in [0.1, 0.15) is 15.9 Å². The molecule has 0 saturated carbocycles. The first-order valence-electron chi connectivity index (χ1n) is 3.77. The van der Waals surface area contributed by atoms with Crippen molar-refractivity contribution in [2.75, 3.05) is 5.94 Å². The van der Waals surface area contributed by atoms with Crippen LogP contribution < -0.4 is 69.0 Å². The van der Waals surface area contributed by atoms with Gasteiger partial charge in [0.15, 0.2) is 5.94 Å². The summed E-state index contributed by atoms with van der Waals surface area (Å²) in [4.78, 5) is 10.5. The minimum atomic E-state index is -4.55. The molecule has 0 aliphatic rings. The molecular weight excluding hydrogens is 270 g/mol. The van der Waals surface area contributed by atoms with Gasteiger partial charge in [-0.3, -0.25) is 0 Å². The van der Waals surface area contributed by atoms with Crippen LogP contribution in [0.4, 0.5) is 0 Å². The SMILES string of the molecule is O=C([O-])c1ccccc1OCS(=O)(=O)[O-].[Na+].[Na+]. The van der Waals surface area contributed by atoms with Crippen molar-refractivity contribution >= 4 is 16.1 Å². The topological polar surface area (TPSA) is 107 Å². The molecule has 0 N–H and O–H groups in total. The van der Waals surface area contributed by atoms with Crippen LogP contribution in [-0.4, -0.2) is 24.9 Å². The van der Waals surface area contributed by atoms with Gasteiger partial charge in [-0.15, -0.1) is 0 Å². The van der Waals surface area contributed by atoms with Crippen molar-refractivity contribution in [1.29, 1.82) is 0 Å². The smallest absolute Gasteiger partial charge is 0.745 e. The second kappa shape index (κ2) is 8.49. The van der Waals surface area contributed by atoms with E-state index in [1.807, 2.05) is 0 Å². The molecule has 0 aliphatic heterocycles. The van der Waals surface area contributed by atoms with Crippen molar-refractivity contribution in [1.82, 2.24) is 0 Å². The molecule has 82 valence electrons. The van der Waals surface area contributed by atoms with E-state index in [9.17, 15) is 22.9 Å². The quantitative estimate of drug-likeness (QED) is 0.399. The number of hydrogen-bond acceptors (Lipinski definition) is 6. The molecule has 0 atom stereocenters. The van der Waals surface area contributed by atoms with E-state index in [2.05, 4.69) is 4.74 Å². The predicted molar refractivity (Wildman–Crippen MR) is 46.0 cm³/mol. The number of hydrogen-bond donors (Lipinski definition) is 0. The van der Waals surface area contributed by atoms with E-state index in [0.29, 0.717) is 0 Å². The van der Waals surface area contributed by atoms with Crippen LogP contribution in [0.1, 0.15) is 10.4 Å². The van der Waals surface area contributed by atoms with Crippen molar-refractivity contribution in [3.8, 4) is 5.75 Å². The van der Waals surface area contributed by atoms with Gasteiger partial charge in [-0.25, -0.2) is 8.42 Å². The maximum atomic E-state index is 10.5. The summed E-state index contributed by atoms with van der Waals surface area (Å²) in [6.45, 7) is 0. The first-order valence-corrected chi connectivity index (χ1v) is 5.34. The Labute approximate surface area is 143 Å². The molecule has 1 aromatic carbocycles. The fourth-order valence-electron chi connectivity index (χ4n) is 0.897. The maximum Gasteiger partial charge on any atom is 1.00 e. The van der Waals surface area contributed by atoms with Crippen LogP contribution in [-0.2, 0) is 10.1 Å². The Morgan fingerprint density at radius 1 is 1.24 bits per heavy atom. The first-order chi connectivity index (χ1) is 6.90. The number of carboxylic acid groups (broad SMARTS) is 1. The van der Waals surface area contributed by atoms with Crippen LogP contribution in [0.2, 0.25) is 0 Å². The van der Waals surface area contributed by atoms with Gasteiger partial charge in [-0.05, 0) is 12.1 Å². The molecule has 0 unspecified atom stereocenters. The van der Waals surface area contributed by atoms with Gasteiger partial charge in [0.05, 0.1) is 5.97 Å². The monoisotopic (exact) mass is 276 g/mol. The number of carbonyl (C=O) groups excluding carboxylic acids is 1. The normalized spacial score (nSPS) is 9.71. The van der Waals surface area contributed by atoms with Gasteiger partial charge in [0.25, 0.3) is 0 Å². The van der Waals surface area contributed by atoms with Crippen LogP contribution >= 0.6 is 0 Å². The Kier molecular flexibility index (Phi) is 9.86. The summed E-state index contributed by atoms with van der Waals surface area (Å²) in [7, 11) is -4.55. The zero-order chi connectivity index (χ0) is 11.5. The molecule has 0 amide bonds. The van der Waals surface area contributed by atoms with Crippen LogP contribution in [0.5, 0.6) is 5.75 Å². The molecule has 17 heavy (non-hydrogen) atoms. The number of carbonyl (C=O) groups is 1. The summed E-state index contributed by atoms with van der Waals surface area (Å²) in [5, 5.41) is 10.5. The number of benzene rings is 1. The summed E-state index contributed by atoms with van der Waals surface area (Å²) in [6.07, 6.45) is 0. The Balaban J connectivity index is 0. The van der Waals surface area contributed by atoms with Gasteiger partial charge >= 0.3 is 59.1 Å². The van der Waals surface area contributed by atoms with Gasteiger partial charge in [-0.1, -0.05) is 12.1 Å². The number of aromatic carboxylic acids is 1. The van der Waals surface area contributed by atoms with Gasteiger partial charge < -0.3 is 19.2 Å². The number of rotatable bonds is 4. The van der Waals surface area contributed by atoms with Crippen molar-refractivity contribution in [2.45, 2.75) is 0 Å². The number of para-hydroxylation sites is 1. The largest absolute Gasteiger partial charge is 1.00 e.